The van der Waals surface area contributed by atoms with E-state index < -0.39 is 0 Å². The average molecular weight is 230 g/mol. The van der Waals surface area contributed by atoms with Crippen LogP contribution in [-0.4, -0.2) is 19.1 Å². The Morgan fingerprint density at radius 3 is 3.12 bits per heavy atom. The van der Waals surface area contributed by atoms with Crippen molar-refractivity contribution in [1.29, 1.82) is 0 Å². The van der Waals surface area contributed by atoms with Crippen molar-refractivity contribution in [2.75, 3.05) is 23.3 Å². The molecule has 2 unspecified atom stereocenters. The van der Waals surface area contributed by atoms with E-state index in [0.717, 1.165) is 12.5 Å². The molecule has 0 spiro atoms. The van der Waals surface area contributed by atoms with Crippen molar-refractivity contribution in [2.45, 2.75) is 39.2 Å². The monoisotopic (exact) mass is 230 g/mol. The lowest BCUT2D eigenvalue weighted by molar-refractivity contribution is 0.336. The number of rotatable bonds is 1. The number of anilines is 2. The van der Waals surface area contributed by atoms with Gasteiger partial charge in [0.1, 0.15) is 0 Å². The molecule has 1 N–H and O–H groups in total. The van der Waals surface area contributed by atoms with Crippen molar-refractivity contribution in [3.63, 3.8) is 0 Å². The molecule has 0 amide bonds. The predicted octanol–water partition coefficient (Wildman–Crippen LogP) is 3.42. The molecule has 1 saturated heterocycles. The Bertz CT molecular complexity index is 413. The van der Waals surface area contributed by atoms with Crippen molar-refractivity contribution in [1.82, 2.24) is 0 Å². The number of fused-ring (bicyclic) bond motifs is 3. The predicted molar refractivity (Wildman–Crippen MR) is 73.8 cm³/mol. The molecule has 0 aliphatic carbocycles. The zero-order valence-corrected chi connectivity index (χ0v) is 10.9. The van der Waals surface area contributed by atoms with Crippen LogP contribution < -0.4 is 10.2 Å². The van der Waals surface area contributed by atoms with E-state index >= 15 is 0 Å². The van der Waals surface area contributed by atoms with Gasteiger partial charge in [-0.15, -0.1) is 0 Å². The molecule has 0 aromatic heterocycles. The second kappa shape index (κ2) is 4.25. The van der Waals surface area contributed by atoms with Gasteiger partial charge in [0.2, 0.25) is 0 Å². The molecule has 2 aliphatic heterocycles. The molecule has 2 heteroatoms. The maximum Gasteiger partial charge on any atom is 0.0634 e. The van der Waals surface area contributed by atoms with E-state index in [2.05, 4.69) is 42.3 Å². The topological polar surface area (TPSA) is 15.3 Å². The minimum Gasteiger partial charge on any atom is -0.381 e. The highest BCUT2D eigenvalue weighted by molar-refractivity contribution is 5.76. The Balaban J connectivity index is 1.92. The summed E-state index contributed by atoms with van der Waals surface area (Å²) in [7, 11) is 0. The molecule has 2 atom stereocenters. The quantitative estimate of drug-likeness (QED) is 0.795. The highest BCUT2D eigenvalue weighted by Gasteiger charge is 2.32. The van der Waals surface area contributed by atoms with Crippen LogP contribution in [0.5, 0.6) is 0 Å². The van der Waals surface area contributed by atoms with Crippen LogP contribution in [0.3, 0.4) is 0 Å². The number of hydrogen-bond donors (Lipinski definition) is 1. The Morgan fingerprint density at radius 2 is 2.29 bits per heavy atom. The van der Waals surface area contributed by atoms with E-state index in [-0.39, 0.29) is 0 Å². The fourth-order valence-electron chi connectivity index (χ4n) is 3.40. The molecular weight excluding hydrogens is 208 g/mol. The summed E-state index contributed by atoms with van der Waals surface area (Å²) < 4.78 is 0. The van der Waals surface area contributed by atoms with E-state index in [9.17, 15) is 0 Å². The zero-order chi connectivity index (χ0) is 11.8. The Labute approximate surface area is 104 Å². The third kappa shape index (κ3) is 1.80. The third-order valence-electron chi connectivity index (χ3n) is 4.45. The largest absolute Gasteiger partial charge is 0.381 e. The maximum absolute atomic E-state index is 3.61. The fraction of sp³-hybridized carbons (Fsp3) is 0.600. The van der Waals surface area contributed by atoms with Gasteiger partial charge in [0.15, 0.2) is 0 Å². The van der Waals surface area contributed by atoms with E-state index in [4.69, 9.17) is 0 Å². The molecule has 0 saturated carbocycles. The molecule has 3 rings (SSSR count). The Kier molecular flexibility index (Phi) is 2.73. The molecule has 92 valence electrons. The van der Waals surface area contributed by atoms with Crippen molar-refractivity contribution < 1.29 is 0 Å². The van der Waals surface area contributed by atoms with Gasteiger partial charge in [-0.25, -0.2) is 0 Å². The van der Waals surface area contributed by atoms with Crippen LogP contribution >= 0.6 is 0 Å². The summed E-state index contributed by atoms with van der Waals surface area (Å²) in [6, 6.07) is 7.31. The van der Waals surface area contributed by atoms with Gasteiger partial charge in [-0.1, -0.05) is 25.5 Å². The maximum atomic E-state index is 3.61. The van der Waals surface area contributed by atoms with Crippen LogP contribution in [0.2, 0.25) is 0 Å². The van der Waals surface area contributed by atoms with Gasteiger partial charge in [0.05, 0.1) is 11.4 Å². The smallest absolute Gasteiger partial charge is 0.0634 e. The van der Waals surface area contributed by atoms with Crippen LogP contribution in [0.25, 0.3) is 0 Å². The molecule has 0 radical (unpaired) electrons. The van der Waals surface area contributed by atoms with Crippen LogP contribution in [0.4, 0.5) is 11.4 Å². The molecule has 2 heterocycles. The summed E-state index contributed by atoms with van der Waals surface area (Å²) in [5, 5.41) is 3.61. The van der Waals surface area contributed by atoms with E-state index in [0.29, 0.717) is 6.04 Å². The number of aryl methyl sites for hydroxylation is 1. The van der Waals surface area contributed by atoms with Gasteiger partial charge in [-0.2, -0.15) is 0 Å². The standard InChI is InChI=1S/C15H22N2/c1-3-12-7-8-17-13(9-12)10-16-14-6-4-5-11(2)15(14)17/h4-6,12-13,16H,3,7-10H2,1-2H3. The minimum absolute atomic E-state index is 0.710. The summed E-state index contributed by atoms with van der Waals surface area (Å²) in [6.07, 6.45) is 4.06. The van der Waals surface area contributed by atoms with Crippen LogP contribution in [-0.2, 0) is 0 Å². The average Bonchev–Trinajstić information content (AvgIpc) is 2.38. The molecule has 1 aromatic rings. The number of benzene rings is 1. The van der Waals surface area contributed by atoms with Gasteiger partial charge in [-0.05, 0) is 37.3 Å². The van der Waals surface area contributed by atoms with E-state index in [1.165, 1.54) is 42.7 Å². The first-order valence-electron chi connectivity index (χ1n) is 6.89. The summed E-state index contributed by atoms with van der Waals surface area (Å²) in [5.74, 6) is 0.934. The highest BCUT2D eigenvalue weighted by Crippen LogP contribution is 2.39. The lowest BCUT2D eigenvalue weighted by Gasteiger charge is -2.45. The van der Waals surface area contributed by atoms with E-state index in [1.54, 1.807) is 0 Å². The molecule has 1 fully saturated rings. The van der Waals surface area contributed by atoms with E-state index in [1.807, 2.05) is 0 Å². The Morgan fingerprint density at radius 1 is 1.41 bits per heavy atom. The molecule has 2 nitrogen and oxygen atoms in total. The normalized spacial score (nSPS) is 27.1. The lowest BCUT2D eigenvalue weighted by atomic mass is 9.87. The molecule has 0 bridgehead atoms. The van der Waals surface area contributed by atoms with Gasteiger partial charge >= 0.3 is 0 Å². The number of piperidine rings is 1. The fourth-order valence-corrected chi connectivity index (χ4v) is 3.40. The number of nitrogens with one attached hydrogen (secondary N) is 1. The number of hydrogen-bond acceptors (Lipinski definition) is 2. The highest BCUT2D eigenvalue weighted by atomic mass is 15.2. The summed E-state index contributed by atoms with van der Waals surface area (Å²) in [6.45, 7) is 6.92. The Hall–Kier alpha value is -1.18. The van der Waals surface area contributed by atoms with Gasteiger partial charge < -0.3 is 10.2 Å². The minimum atomic E-state index is 0.710. The summed E-state index contributed by atoms with van der Waals surface area (Å²) in [4.78, 5) is 2.65. The molecule has 1 aromatic carbocycles. The number of nitrogens with zero attached hydrogens (tertiary/aromatic N) is 1. The number of para-hydroxylation sites is 1. The lowest BCUT2D eigenvalue weighted by Crippen LogP contribution is -2.49. The van der Waals surface area contributed by atoms with Crippen molar-refractivity contribution in [3.05, 3.63) is 23.8 Å². The molecule has 2 aliphatic rings. The van der Waals surface area contributed by atoms with Gasteiger partial charge in [0, 0.05) is 19.1 Å². The summed E-state index contributed by atoms with van der Waals surface area (Å²) in [5.41, 5.74) is 4.20. The summed E-state index contributed by atoms with van der Waals surface area (Å²) >= 11 is 0. The molecular formula is C15H22N2. The first-order valence-corrected chi connectivity index (χ1v) is 6.89. The van der Waals surface area contributed by atoms with Crippen molar-refractivity contribution in [3.8, 4) is 0 Å². The SMILES string of the molecule is CCC1CCN2c3c(C)cccc3NCC2C1. The van der Waals surface area contributed by atoms with Gasteiger partial charge in [0.25, 0.3) is 0 Å². The van der Waals surface area contributed by atoms with Crippen LogP contribution in [0.15, 0.2) is 18.2 Å². The first-order chi connectivity index (χ1) is 8.29. The zero-order valence-electron chi connectivity index (χ0n) is 10.9. The first kappa shape index (κ1) is 10.9. The second-order valence-corrected chi connectivity index (χ2v) is 5.50. The van der Waals surface area contributed by atoms with Crippen molar-refractivity contribution in [2.24, 2.45) is 5.92 Å². The van der Waals surface area contributed by atoms with Crippen LogP contribution in [0.1, 0.15) is 31.7 Å². The van der Waals surface area contributed by atoms with Crippen molar-refractivity contribution >= 4 is 11.4 Å². The third-order valence-corrected chi connectivity index (χ3v) is 4.45. The van der Waals surface area contributed by atoms with Crippen LogP contribution in [0, 0.1) is 12.8 Å². The second-order valence-electron chi connectivity index (χ2n) is 5.50. The molecule has 17 heavy (non-hydrogen) atoms. The van der Waals surface area contributed by atoms with Gasteiger partial charge in [-0.3, -0.25) is 0 Å².